The Morgan fingerprint density at radius 1 is 1.17 bits per heavy atom. The van der Waals surface area contributed by atoms with E-state index in [0.29, 0.717) is 17.8 Å². The predicted molar refractivity (Wildman–Crippen MR) is 107 cm³/mol. The summed E-state index contributed by atoms with van der Waals surface area (Å²) in [6.45, 7) is 4.66. The Morgan fingerprint density at radius 2 is 1.90 bits per heavy atom. The fourth-order valence-electron chi connectivity index (χ4n) is 4.48. The van der Waals surface area contributed by atoms with E-state index >= 15 is 0 Å². The van der Waals surface area contributed by atoms with Gasteiger partial charge >= 0.3 is 0 Å². The molecule has 2 aromatic rings. The molecule has 1 aromatic carbocycles. The average molecular weight is 423 g/mol. The number of fused-ring (bicyclic) bond motifs is 1. The molecule has 0 bridgehead atoms. The first-order valence-electron chi connectivity index (χ1n) is 9.74. The van der Waals surface area contributed by atoms with E-state index < -0.39 is 26.7 Å². The largest absolute Gasteiger partial charge is 0.383 e. The second-order valence-corrected chi connectivity index (χ2v) is 9.47. The Morgan fingerprint density at radius 3 is 2.59 bits per heavy atom. The molecule has 156 valence electrons. The van der Waals surface area contributed by atoms with E-state index in [1.54, 1.807) is 6.92 Å². The number of aromatic nitrogens is 1. The van der Waals surface area contributed by atoms with Crippen molar-refractivity contribution in [1.82, 2.24) is 9.88 Å². The summed E-state index contributed by atoms with van der Waals surface area (Å²) in [5.74, 6) is -1.89. The van der Waals surface area contributed by atoms with Crippen molar-refractivity contribution in [3.05, 3.63) is 47.7 Å². The number of anilines is 2. The van der Waals surface area contributed by atoms with Gasteiger partial charge in [-0.1, -0.05) is 6.07 Å². The van der Waals surface area contributed by atoms with Crippen molar-refractivity contribution in [2.75, 3.05) is 29.7 Å². The number of hydrogen-bond acceptors (Lipinski definition) is 5. The molecular formula is C20H24F2N4O2S. The number of halogens is 2. The number of sulfonamides is 1. The van der Waals surface area contributed by atoms with Crippen LogP contribution in [0.5, 0.6) is 0 Å². The predicted octanol–water partition coefficient (Wildman–Crippen LogP) is 3.51. The smallest absolute Gasteiger partial charge is 0.265 e. The minimum Gasteiger partial charge on any atom is -0.383 e. The van der Waals surface area contributed by atoms with Crippen LogP contribution in [0.25, 0.3) is 0 Å². The standard InChI is InChI=1S/C20H24F2N4O2S/c1-14-11-17(29(27,28)25-19-6-2-5-18(22)24-19)15(21)12-16(14)23-13-20-7-3-9-26(20)10-4-8-20/h2,5-6,11-12,23H,3-4,7-10,13H2,1H3,(H,24,25). The molecule has 0 spiro atoms. The molecule has 0 unspecified atom stereocenters. The topological polar surface area (TPSA) is 74.3 Å². The van der Waals surface area contributed by atoms with Crippen molar-refractivity contribution in [1.29, 1.82) is 0 Å². The quantitative estimate of drug-likeness (QED) is 0.697. The number of nitrogens with one attached hydrogen (secondary N) is 2. The highest BCUT2D eigenvalue weighted by atomic mass is 32.2. The Labute approximate surface area is 169 Å². The first kappa shape index (κ1) is 20.0. The van der Waals surface area contributed by atoms with Crippen LogP contribution in [-0.4, -0.2) is 43.5 Å². The van der Waals surface area contributed by atoms with E-state index in [1.807, 2.05) is 0 Å². The maximum absolute atomic E-state index is 14.7. The van der Waals surface area contributed by atoms with Gasteiger partial charge in [0.05, 0.1) is 0 Å². The lowest BCUT2D eigenvalue weighted by Crippen LogP contribution is -2.44. The molecule has 4 rings (SSSR count). The molecule has 3 heterocycles. The third kappa shape index (κ3) is 3.93. The molecule has 9 heteroatoms. The molecule has 6 nitrogen and oxygen atoms in total. The van der Waals surface area contributed by atoms with Gasteiger partial charge in [-0.05, 0) is 75.5 Å². The first-order chi connectivity index (χ1) is 13.8. The van der Waals surface area contributed by atoms with Crippen LogP contribution in [0.2, 0.25) is 0 Å². The van der Waals surface area contributed by atoms with Gasteiger partial charge in [-0.3, -0.25) is 9.62 Å². The van der Waals surface area contributed by atoms with Crippen LogP contribution in [0.4, 0.5) is 20.3 Å². The van der Waals surface area contributed by atoms with E-state index in [9.17, 15) is 17.2 Å². The van der Waals surface area contributed by atoms with Crippen LogP contribution in [-0.2, 0) is 10.0 Å². The third-order valence-electron chi connectivity index (χ3n) is 5.94. The van der Waals surface area contributed by atoms with Gasteiger partial charge < -0.3 is 5.32 Å². The summed E-state index contributed by atoms with van der Waals surface area (Å²) in [4.78, 5) is 5.47. The lowest BCUT2D eigenvalue weighted by Gasteiger charge is -2.33. The molecule has 0 atom stereocenters. The molecule has 2 aliphatic heterocycles. The summed E-state index contributed by atoms with van der Waals surface area (Å²) in [5.41, 5.74) is 1.33. The van der Waals surface area contributed by atoms with Crippen molar-refractivity contribution >= 4 is 21.5 Å². The summed E-state index contributed by atoms with van der Waals surface area (Å²) in [5, 5.41) is 3.33. The van der Waals surface area contributed by atoms with E-state index in [1.165, 1.54) is 37.1 Å². The third-order valence-corrected chi connectivity index (χ3v) is 7.31. The molecule has 2 N–H and O–H groups in total. The number of rotatable bonds is 6. The number of benzene rings is 1. The highest BCUT2D eigenvalue weighted by Crippen LogP contribution is 2.39. The van der Waals surface area contributed by atoms with Crippen LogP contribution < -0.4 is 10.0 Å². The lowest BCUT2D eigenvalue weighted by molar-refractivity contribution is 0.209. The molecule has 2 saturated heterocycles. The minimum atomic E-state index is -4.24. The maximum atomic E-state index is 14.7. The zero-order valence-corrected chi connectivity index (χ0v) is 17.0. The Kier molecular flexibility index (Phi) is 5.20. The number of aryl methyl sites for hydroxylation is 1. The highest BCUT2D eigenvalue weighted by molar-refractivity contribution is 7.92. The summed E-state index contributed by atoms with van der Waals surface area (Å²) in [6, 6.07) is 6.23. The first-order valence-corrected chi connectivity index (χ1v) is 11.2. The molecule has 0 aliphatic carbocycles. The molecule has 0 amide bonds. The summed E-state index contributed by atoms with van der Waals surface area (Å²) < 4.78 is 55.2. The van der Waals surface area contributed by atoms with Crippen LogP contribution in [0.3, 0.4) is 0 Å². The van der Waals surface area contributed by atoms with Gasteiger partial charge in [0.2, 0.25) is 5.95 Å². The summed E-state index contributed by atoms with van der Waals surface area (Å²) in [6.07, 6.45) is 4.59. The van der Waals surface area contributed by atoms with Crippen LogP contribution in [0.15, 0.2) is 35.2 Å². The molecule has 2 fully saturated rings. The summed E-state index contributed by atoms with van der Waals surface area (Å²) in [7, 11) is -4.24. The van der Waals surface area contributed by atoms with Crippen molar-refractivity contribution < 1.29 is 17.2 Å². The van der Waals surface area contributed by atoms with Gasteiger partial charge in [0, 0.05) is 17.8 Å². The molecule has 0 radical (unpaired) electrons. The Bertz CT molecular complexity index is 1020. The van der Waals surface area contributed by atoms with Crippen molar-refractivity contribution in [2.45, 2.75) is 43.0 Å². The van der Waals surface area contributed by atoms with Crippen molar-refractivity contribution in [3.63, 3.8) is 0 Å². The van der Waals surface area contributed by atoms with E-state index in [4.69, 9.17) is 0 Å². The van der Waals surface area contributed by atoms with Gasteiger partial charge in [0.1, 0.15) is 16.5 Å². The molecular weight excluding hydrogens is 398 g/mol. The second-order valence-electron chi connectivity index (χ2n) is 7.82. The van der Waals surface area contributed by atoms with Gasteiger partial charge in [0.25, 0.3) is 10.0 Å². The van der Waals surface area contributed by atoms with Gasteiger partial charge in [-0.2, -0.15) is 4.39 Å². The number of pyridine rings is 1. The van der Waals surface area contributed by atoms with Crippen LogP contribution >= 0.6 is 0 Å². The fraction of sp³-hybridized carbons (Fsp3) is 0.450. The zero-order chi connectivity index (χ0) is 20.6. The normalized spacial score (nSPS) is 18.6. The lowest BCUT2D eigenvalue weighted by atomic mass is 9.94. The van der Waals surface area contributed by atoms with Gasteiger partial charge in [0.15, 0.2) is 0 Å². The monoisotopic (exact) mass is 422 g/mol. The SMILES string of the molecule is Cc1cc(S(=O)(=O)Nc2cccc(F)n2)c(F)cc1NCC12CCCN1CCC2. The van der Waals surface area contributed by atoms with Crippen LogP contribution in [0.1, 0.15) is 31.2 Å². The number of nitrogens with zero attached hydrogens (tertiary/aromatic N) is 2. The molecule has 2 aliphatic rings. The van der Waals surface area contributed by atoms with E-state index in [0.717, 1.165) is 32.0 Å². The molecule has 0 saturated carbocycles. The van der Waals surface area contributed by atoms with Gasteiger partial charge in [-0.25, -0.2) is 17.8 Å². The zero-order valence-electron chi connectivity index (χ0n) is 16.2. The number of hydrogen-bond donors (Lipinski definition) is 2. The highest BCUT2D eigenvalue weighted by Gasteiger charge is 2.43. The van der Waals surface area contributed by atoms with Gasteiger partial charge in [-0.15, -0.1) is 0 Å². The second kappa shape index (κ2) is 7.53. The van der Waals surface area contributed by atoms with Crippen molar-refractivity contribution in [3.8, 4) is 0 Å². The molecule has 1 aromatic heterocycles. The Hall–Kier alpha value is -2.26. The van der Waals surface area contributed by atoms with E-state index in [2.05, 4.69) is 19.9 Å². The van der Waals surface area contributed by atoms with E-state index in [-0.39, 0.29) is 11.4 Å². The Balaban J connectivity index is 1.53. The average Bonchev–Trinajstić information content (AvgIpc) is 3.21. The fourth-order valence-corrected chi connectivity index (χ4v) is 5.63. The van der Waals surface area contributed by atoms with Crippen molar-refractivity contribution in [2.24, 2.45) is 0 Å². The van der Waals surface area contributed by atoms with Crippen LogP contribution in [0, 0.1) is 18.7 Å². The maximum Gasteiger partial charge on any atom is 0.265 e. The minimum absolute atomic E-state index is 0.123. The summed E-state index contributed by atoms with van der Waals surface area (Å²) >= 11 is 0. The molecule has 29 heavy (non-hydrogen) atoms.